The molecule has 0 heterocycles. The minimum Gasteiger partial charge on any atom is -0.301 e. The molecule has 1 rings (SSSR count). The predicted molar refractivity (Wildman–Crippen MR) is 34.7 cm³/mol. The Kier molecular flexibility index (Phi) is 1.18. The molecule has 3 N–H and O–H groups in total. The van der Waals surface area contributed by atoms with Gasteiger partial charge in [0.1, 0.15) is 0 Å². The molecule has 0 amide bonds. The lowest BCUT2D eigenvalue weighted by Crippen LogP contribution is -1.74. The van der Waals surface area contributed by atoms with Gasteiger partial charge in [-0.15, -0.1) is 0 Å². The van der Waals surface area contributed by atoms with Crippen LogP contribution in [-0.2, 0) is 0 Å². The number of nitrogens with one attached hydrogen (secondary N) is 3. The van der Waals surface area contributed by atoms with Gasteiger partial charge in [0.25, 0.3) is 0 Å². The molecule has 0 aliphatic heterocycles. The number of rotatable bonds is 0. The standard InChI is InChI=1S/C6H6N3/c7-4-1-5(8)3-6(9)2-4/h1-3,7-9H. The largest absolute Gasteiger partial charge is 0.301 e. The molecule has 0 bridgehead atoms. The first-order valence-corrected chi connectivity index (χ1v) is 2.48. The maximum Gasteiger partial charge on any atom is 0.0582 e. The molecule has 0 spiro atoms. The Morgan fingerprint density at radius 2 is 0.889 bits per heavy atom. The Hall–Kier alpha value is -1.38. The van der Waals surface area contributed by atoms with Crippen LogP contribution in [0.25, 0.3) is 0 Å². The number of benzene rings is 1. The molecular formula is C6H6N3. The van der Waals surface area contributed by atoms with Crippen LogP contribution in [-0.4, -0.2) is 0 Å². The maximum absolute atomic E-state index is 7.04. The fourth-order valence-electron chi connectivity index (χ4n) is 0.628. The van der Waals surface area contributed by atoms with Crippen LogP contribution in [0.15, 0.2) is 18.2 Å². The summed E-state index contributed by atoms with van der Waals surface area (Å²) in [7, 11) is 0. The summed E-state index contributed by atoms with van der Waals surface area (Å²) in [6.07, 6.45) is 0. The van der Waals surface area contributed by atoms with E-state index < -0.39 is 0 Å². The van der Waals surface area contributed by atoms with Crippen molar-refractivity contribution in [1.82, 2.24) is 17.2 Å². The van der Waals surface area contributed by atoms with Crippen LogP contribution in [0.4, 0.5) is 17.1 Å². The summed E-state index contributed by atoms with van der Waals surface area (Å²) in [6.45, 7) is 0. The smallest absolute Gasteiger partial charge is 0.0582 e. The van der Waals surface area contributed by atoms with Gasteiger partial charge in [-0.1, -0.05) is 0 Å². The first-order chi connectivity index (χ1) is 4.18. The van der Waals surface area contributed by atoms with E-state index in [0.717, 1.165) is 0 Å². The second-order valence-electron chi connectivity index (χ2n) is 1.80. The van der Waals surface area contributed by atoms with E-state index >= 15 is 0 Å². The molecule has 0 atom stereocenters. The van der Waals surface area contributed by atoms with Gasteiger partial charge in [-0.05, 0) is 18.2 Å². The third kappa shape index (κ3) is 1.25. The lowest BCUT2D eigenvalue weighted by Gasteiger charge is -1.94. The zero-order chi connectivity index (χ0) is 6.85. The molecule has 0 saturated carbocycles. The second kappa shape index (κ2) is 1.85. The van der Waals surface area contributed by atoms with E-state index in [4.69, 9.17) is 17.2 Å². The van der Waals surface area contributed by atoms with Crippen LogP contribution in [0, 0.1) is 0 Å². The van der Waals surface area contributed by atoms with Crippen molar-refractivity contribution in [3.8, 4) is 0 Å². The topological polar surface area (TPSA) is 71.4 Å². The number of hydrogen-bond donors (Lipinski definition) is 0. The second-order valence-corrected chi connectivity index (χ2v) is 1.80. The van der Waals surface area contributed by atoms with Crippen molar-refractivity contribution in [2.45, 2.75) is 0 Å². The van der Waals surface area contributed by atoms with Gasteiger partial charge in [0.05, 0.1) is 17.1 Å². The molecule has 0 unspecified atom stereocenters. The van der Waals surface area contributed by atoms with Gasteiger partial charge in [0.15, 0.2) is 0 Å². The monoisotopic (exact) mass is 120 g/mol. The number of hydrogen-bond acceptors (Lipinski definition) is 0. The molecule has 3 radical (unpaired) electrons. The Morgan fingerprint density at radius 1 is 0.667 bits per heavy atom. The van der Waals surface area contributed by atoms with Gasteiger partial charge in [0.2, 0.25) is 0 Å². The summed E-state index contributed by atoms with van der Waals surface area (Å²) in [5, 5.41) is 0. The van der Waals surface area contributed by atoms with Gasteiger partial charge in [0, 0.05) is 0 Å². The Balaban J connectivity index is 3.17. The van der Waals surface area contributed by atoms with Crippen LogP contribution in [0.3, 0.4) is 0 Å². The molecule has 3 nitrogen and oxygen atoms in total. The highest BCUT2D eigenvalue weighted by atomic mass is 14.6. The van der Waals surface area contributed by atoms with Crippen LogP contribution >= 0.6 is 0 Å². The molecule has 0 aromatic heterocycles. The zero-order valence-electron chi connectivity index (χ0n) is 4.73. The summed E-state index contributed by atoms with van der Waals surface area (Å²) < 4.78 is 0. The van der Waals surface area contributed by atoms with E-state index in [0.29, 0.717) is 0 Å². The normalized spacial score (nSPS) is 9.33. The lowest BCUT2D eigenvalue weighted by molar-refractivity contribution is 1.38. The molecule has 0 aliphatic rings. The predicted octanol–water partition coefficient (Wildman–Crippen LogP) is 1.43. The van der Waals surface area contributed by atoms with Crippen LogP contribution in [0.1, 0.15) is 0 Å². The van der Waals surface area contributed by atoms with Crippen LogP contribution in [0.5, 0.6) is 0 Å². The van der Waals surface area contributed by atoms with E-state index in [-0.39, 0.29) is 17.1 Å². The van der Waals surface area contributed by atoms with Crippen LogP contribution in [0.2, 0.25) is 0 Å². The average Bonchev–Trinajstić information content (AvgIpc) is 1.59. The summed E-state index contributed by atoms with van der Waals surface area (Å²) in [6, 6.07) is 4.20. The maximum atomic E-state index is 7.04. The Morgan fingerprint density at radius 3 is 1.11 bits per heavy atom. The molecular weight excluding hydrogens is 114 g/mol. The van der Waals surface area contributed by atoms with Gasteiger partial charge < -0.3 is 17.2 Å². The molecule has 0 saturated heterocycles. The van der Waals surface area contributed by atoms with E-state index in [1.807, 2.05) is 0 Å². The van der Waals surface area contributed by atoms with Crippen molar-refractivity contribution in [3.63, 3.8) is 0 Å². The van der Waals surface area contributed by atoms with Crippen molar-refractivity contribution in [2.75, 3.05) is 0 Å². The Labute approximate surface area is 53.5 Å². The van der Waals surface area contributed by atoms with Gasteiger partial charge in [-0.3, -0.25) is 0 Å². The third-order valence-corrected chi connectivity index (χ3v) is 0.933. The average molecular weight is 120 g/mol. The molecule has 0 aliphatic carbocycles. The molecule has 45 valence electrons. The van der Waals surface area contributed by atoms with Gasteiger partial charge >= 0.3 is 0 Å². The highest BCUT2D eigenvalue weighted by Gasteiger charge is 1.91. The SMILES string of the molecule is [NH]c1cc([NH])cc([NH])c1. The van der Waals surface area contributed by atoms with Crippen molar-refractivity contribution in [1.29, 1.82) is 0 Å². The van der Waals surface area contributed by atoms with Gasteiger partial charge in [-0.2, -0.15) is 0 Å². The van der Waals surface area contributed by atoms with E-state index in [1.54, 1.807) is 0 Å². The minimum atomic E-state index is 0.229. The summed E-state index contributed by atoms with van der Waals surface area (Å²) >= 11 is 0. The molecule has 3 heteroatoms. The van der Waals surface area contributed by atoms with E-state index in [9.17, 15) is 0 Å². The lowest BCUT2D eigenvalue weighted by atomic mass is 10.2. The third-order valence-electron chi connectivity index (χ3n) is 0.933. The molecule has 0 fully saturated rings. The van der Waals surface area contributed by atoms with Crippen LogP contribution < -0.4 is 17.2 Å². The van der Waals surface area contributed by atoms with Crippen molar-refractivity contribution in [3.05, 3.63) is 18.2 Å². The van der Waals surface area contributed by atoms with Crippen molar-refractivity contribution < 1.29 is 0 Å². The minimum absolute atomic E-state index is 0.229. The summed E-state index contributed by atoms with van der Waals surface area (Å²) in [4.78, 5) is 0. The Bertz CT molecular complexity index is 169. The summed E-state index contributed by atoms with van der Waals surface area (Å²) in [5.41, 5.74) is 21.8. The van der Waals surface area contributed by atoms with Gasteiger partial charge in [-0.25, -0.2) is 0 Å². The molecule has 1 aromatic carbocycles. The zero-order valence-corrected chi connectivity index (χ0v) is 4.73. The first kappa shape index (κ1) is 5.75. The highest BCUT2D eigenvalue weighted by molar-refractivity contribution is 5.57. The van der Waals surface area contributed by atoms with E-state index in [1.165, 1.54) is 18.2 Å². The van der Waals surface area contributed by atoms with E-state index in [2.05, 4.69) is 0 Å². The highest BCUT2D eigenvalue weighted by Crippen LogP contribution is 2.17. The molecule has 9 heavy (non-hydrogen) atoms. The summed E-state index contributed by atoms with van der Waals surface area (Å²) in [5.74, 6) is 0. The first-order valence-electron chi connectivity index (χ1n) is 2.48. The molecule has 1 aromatic rings. The van der Waals surface area contributed by atoms with Crippen molar-refractivity contribution >= 4 is 17.1 Å². The fourth-order valence-corrected chi connectivity index (χ4v) is 0.628. The fraction of sp³-hybridized carbons (Fsp3) is 0. The quantitative estimate of drug-likeness (QED) is 0.496. The van der Waals surface area contributed by atoms with Crippen molar-refractivity contribution in [2.24, 2.45) is 0 Å².